The topological polar surface area (TPSA) is 69.1 Å². The highest BCUT2D eigenvalue weighted by molar-refractivity contribution is 5.78. The maximum Gasteiger partial charge on any atom is 0.313 e. The molecule has 0 aromatic carbocycles. The fourth-order valence-corrected chi connectivity index (χ4v) is 5.82. The van der Waals surface area contributed by atoms with Crippen LogP contribution < -0.4 is 0 Å². The van der Waals surface area contributed by atoms with E-state index in [2.05, 4.69) is 19.4 Å². The summed E-state index contributed by atoms with van der Waals surface area (Å²) >= 11 is 0. The van der Waals surface area contributed by atoms with Gasteiger partial charge in [-0.1, -0.05) is 0 Å². The van der Waals surface area contributed by atoms with E-state index in [-0.39, 0.29) is 11.4 Å². The molecule has 3 aliphatic rings. The van der Waals surface area contributed by atoms with Gasteiger partial charge in [0.25, 0.3) is 0 Å². The van der Waals surface area contributed by atoms with E-state index >= 15 is 0 Å². The highest BCUT2D eigenvalue weighted by Crippen LogP contribution is 2.48. The molecule has 0 unspecified atom stereocenters. The lowest BCUT2D eigenvalue weighted by molar-refractivity contribution is -0.170. The molecule has 3 fully saturated rings. The molecule has 3 atom stereocenters. The van der Waals surface area contributed by atoms with Crippen molar-refractivity contribution in [2.45, 2.75) is 51.7 Å². The predicted molar refractivity (Wildman–Crippen MR) is 117 cm³/mol. The predicted octanol–water partition coefficient (Wildman–Crippen LogP) is 1.79. The Morgan fingerprint density at radius 3 is 2.90 bits per heavy atom. The number of fused-ring (bicyclic) bond motifs is 1. The van der Waals surface area contributed by atoms with Crippen LogP contribution in [0, 0.1) is 11.3 Å². The van der Waals surface area contributed by atoms with Crippen LogP contribution in [0.4, 0.5) is 0 Å². The second kappa shape index (κ2) is 10.4. The number of ether oxygens (including phenoxy) is 3. The van der Waals surface area contributed by atoms with Gasteiger partial charge in [-0.3, -0.25) is 14.6 Å². The normalized spacial score (nSPS) is 30.1. The lowest BCUT2D eigenvalue weighted by atomic mass is 9.61. The van der Waals surface area contributed by atoms with Gasteiger partial charge in [-0.25, -0.2) is 4.98 Å². The van der Waals surface area contributed by atoms with Crippen molar-refractivity contribution in [2.75, 3.05) is 59.7 Å². The Labute approximate surface area is 185 Å². The summed E-state index contributed by atoms with van der Waals surface area (Å²) in [6.07, 6.45) is 7.97. The largest absolute Gasteiger partial charge is 0.466 e. The van der Waals surface area contributed by atoms with E-state index in [1.807, 2.05) is 19.3 Å². The van der Waals surface area contributed by atoms with Gasteiger partial charge < -0.3 is 18.8 Å². The van der Waals surface area contributed by atoms with Gasteiger partial charge in [0.1, 0.15) is 5.82 Å². The van der Waals surface area contributed by atoms with Gasteiger partial charge in [-0.05, 0) is 45.1 Å². The number of rotatable bonds is 8. The Bertz CT molecular complexity index is 720. The van der Waals surface area contributed by atoms with Crippen molar-refractivity contribution in [1.29, 1.82) is 0 Å². The molecular formula is C23H38N4O4. The highest BCUT2D eigenvalue weighted by Gasteiger charge is 2.53. The second-order valence-electron chi connectivity index (χ2n) is 9.18. The summed E-state index contributed by atoms with van der Waals surface area (Å²) in [5, 5.41) is 0. The number of carbonyl (C=O) groups excluding carboxylic acids is 1. The standard InChI is InChI=1S/C23H38N4O4/c1-3-31-22(28)23-6-4-20(26-11-14-30-15-12-26)16-19(23)5-8-25(18-23)17-21-24-7-9-27(21)10-13-29-2/h7,9,19-20H,3-6,8,10-18H2,1-2H3/t19-,20+,23-/m1/s1. The molecule has 2 saturated heterocycles. The number of nitrogens with zero attached hydrogens (tertiary/aromatic N) is 4. The van der Waals surface area contributed by atoms with Gasteiger partial charge in [0.15, 0.2) is 0 Å². The summed E-state index contributed by atoms with van der Waals surface area (Å²) in [6.45, 7) is 10.0. The number of hydrogen-bond donors (Lipinski definition) is 0. The Hall–Kier alpha value is -1.48. The van der Waals surface area contributed by atoms with Crippen LogP contribution in [0.3, 0.4) is 0 Å². The Kier molecular flexibility index (Phi) is 7.63. The van der Waals surface area contributed by atoms with E-state index in [1.165, 1.54) is 0 Å². The minimum Gasteiger partial charge on any atom is -0.466 e. The summed E-state index contributed by atoms with van der Waals surface area (Å²) in [5.41, 5.74) is -0.388. The van der Waals surface area contributed by atoms with Gasteiger partial charge in [-0.15, -0.1) is 0 Å². The van der Waals surface area contributed by atoms with E-state index < -0.39 is 0 Å². The van der Waals surface area contributed by atoms with E-state index in [1.54, 1.807) is 7.11 Å². The van der Waals surface area contributed by atoms with Gasteiger partial charge in [-0.2, -0.15) is 0 Å². The van der Waals surface area contributed by atoms with Crippen LogP contribution in [0.2, 0.25) is 0 Å². The second-order valence-corrected chi connectivity index (χ2v) is 9.18. The van der Waals surface area contributed by atoms with Gasteiger partial charge in [0, 0.05) is 51.7 Å². The molecule has 0 N–H and O–H groups in total. The molecular weight excluding hydrogens is 396 g/mol. The minimum absolute atomic E-state index is 0.00727. The molecule has 8 heteroatoms. The van der Waals surface area contributed by atoms with Gasteiger partial charge >= 0.3 is 5.97 Å². The third-order valence-corrected chi connectivity index (χ3v) is 7.51. The van der Waals surface area contributed by atoms with Crippen LogP contribution in [0.25, 0.3) is 0 Å². The molecule has 0 radical (unpaired) electrons. The smallest absolute Gasteiger partial charge is 0.313 e. The monoisotopic (exact) mass is 434 g/mol. The SMILES string of the molecule is CCOC(=O)[C@@]12CC[C@H](N3CCOCC3)C[C@H]1CCN(Cc1nccn1CCOC)C2. The zero-order chi connectivity index (χ0) is 21.7. The zero-order valence-corrected chi connectivity index (χ0v) is 19.1. The van der Waals surface area contributed by atoms with Gasteiger partial charge in [0.2, 0.25) is 0 Å². The van der Waals surface area contributed by atoms with Crippen molar-refractivity contribution >= 4 is 5.97 Å². The van der Waals surface area contributed by atoms with Crippen LogP contribution in [0.1, 0.15) is 38.4 Å². The highest BCUT2D eigenvalue weighted by atomic mass is 16.5. The van der Waals surface area contributed by atoms with Crippen molar-refractivity contribution in [3.8, 4) is 0 Å². The van der Waals surface area contributed by atoms with Crippen LogP contribution in [0.15, 0.2) is 12.4 Å². The molecule has 3 heterocycles. The Morgan fingerprint density at radius 1 is 1.29 bits per heavy atom. The number of methoxy groups -OCH3 is 1. The van der Waals surface area contributed by atoms with Crippen molar-refractivity contribution < 1.29 is 19.0 Å². The van der Waals surface area contributed by atoms with E-state index in [0.29, 0.717) is 25.2 Å². The molecule has 0 spiro atoms. The average Bonchev–Trinajstić information content (AvgIpc) is 3.24. The fraction of sp³-hybridized carbons (Fsp3) is 0.826. The molecule has 1 aliphatic carbocycles. The Morgan fingerprint density at radius 2 is 2.13 bits per heavy atom. The molecule has 1 aromatic heterocycles. The number of morpholine rings is 1. The third kappa shape index (κ3) is 4.97. The molecule has 0 amide bonds. The summed E-state index contributed by atoms with van der Waals surface area (Å²) < 4.78 is 18.6. The number of esters is 1. The molecule has 31 heavy (non-hydrogen) atoms. The molecule has 1 aromatic rings. The Balaban J connectivity index is 1.46. The third-order valence-electron chi connectivity index (χ3n) is 7.51. The number of aromatic nitrogens is 2. The summed E-state index contributed by atoms with van der Waals surface area (Å²) in [7, 11) is 1.72. The summed E-state index contributed by atoms with van der Waals surface area (Å²) in [6, 6.07) is 0.566. The number of likely N-dealkylation sites (tertiary alicyclic amines) is 1. The fourth-order valence-electron chi connectivity index (χ4n) is 5.82. The van der Waals surface area contributed by atoms with Crippen molar-refractivity contribution in [3.05, 3.63) is 18.2 Å². The van der Waals surface area contributed by atoms with E-state index in [0.717, 1.165) is 84.0 Å². The maximum absolute atomic E-state index is 13.3. The molecule has 8 nitrogen and oxygen atoms in total. The average molecular weight is 435 g/mol. The van der Waals surface area contributed by atoms with Crippen molar-refractivity contribution in [2.24, 2.45) is 11.3 Å². The van der Waals surface area contributed by atoms with Crippen molar-refractivity contribution in [1.82, 2.24) is 19.4 Å². The van der Waals surface area contributed by atoms with Crippen LogP contribution >= 0.6 is 0 Å². The van der Waals surface area contributed by atoms with E-state index in [9.17, 15) is 4.79 Å². The van der Waals surface area contributed by atoms with Crippen LogP contribution in [0.5, 0.6) is 0 Å². The van der Waals surface area contributed by atoms with Crippen LogP contribution in [-0.2, 0) is 32.1 Å². The van der Waals surface area contributed by atoms with Crippen molar-refractivity contribution in [3.63, 3.8) is 0 Å². The van der Waals surface area contributed by atoms with Crippen LogP contribution in [-0.4, -0.2) is 91.1 Å². The molecule has 1 saturated carbocycles. The zero-order valence-electron chi connectivity index (χ0n) is 19.1. The summed E-state index contributed by atoms with van der Waals surface area (Å²) in [5.74, 6) is 1.43. The molecule has 0 bridgehead atoms. The molecule has 4 rings (SSSR count). The lowest BCUT2D eigenvalue weighted by Crippen LogP contribution is -2.58. The number of hydrogen-bond acceptors (Lipinski definition) is 7. The molecule has 174 valence electrons. The lowest BCUT2D eigenvalue weighted by Gasteiger charge is -2.52. The number of piperidine rings is 1. The first-order valence-electron chi connectivity index (χ1n) is 11.9. The number of carbonyl (C=O) groups is 1. The first-order chi connectivity index (χ1) is 15.2. The van der Waals surface area contributed by atoms with E-state index in [4.69, 9.17) is 14.2 Å². The quantitative estimate of drug-likeness (QED) is 0.578. The first kappa shape index (κ1) is 22.7. The maximum atomic E-state index is 13.3. The first-order valence-corrected chi connectivity index (χ1v) is 11.9. The minimum atomic E-state index is -0.388. The molecule has 2 aliphatic heterocycles. The van der Waals surface area contributed by atoms with Gasteiger partial charge in [0.05, 0.1) is 38.4 Å². The number of imidazole rings is 1. The summed E-state index contributed by atoms with van der Waals surface area (Å²) in [4.78, 5) is 22.8.